The van der Waals surface area contributed by atoms with Crippen LogP contribution >= 0.6 is 24.1 Å². The maximum absolute atomic E-state index is 6.03. The van der Waals surface area contributed by atoms with E-state index in [9.17, 15) is 0 Å². The minimum atomic E-state index is 0.145. The van der Waals surface area contributed by atoms with Crippen LogP contribution < -0.4 is 0 Å². The van der Waals surface area contributed by atoms with Gasteiger partial charge in [-0.3, -0.25) is 0 Å². The van der Waals surface area contributed by atoms with Gasteiger partial charge in [0.2, 0.25) is 0 Å². The molecule has 2 nitrogen and oxygen atoms in total. The van der Waals surface area contributed by atoms with Crippen LogP contribution in [0.1, 0.15) is 207 Å². The molecule has 0 aromatic rings. The van der Waals surface area contributed by atoms with Gasteiger partial charge in [-0.1, -0.05) is 188 Å². The lowest BCUT2D eigenvalue weighted by atomic mass is 10.0. The summed E-state index contributed by atoms with van der Waals surface area (Å²) in [6, 6.07) is 0. The van der Waals surface area contributed by atoms with E-state index in [0.29, 0.717) is 0 Å². The van der Waals surface area contributed by atoms with E-state index in [1.54, 1.807) is 24.1 Å². The predicted molar refractivity (Wildman–Crippen MR) is 191 cm³/mol. The molecule has 0 aliphatic heterocycles. The summed E-state index contributed by atoms with van der Waals surface area (Å²) in [5.41, 5.74) is 0. The second kappa shape index (κ2) is 34.3. The topological polar surface area (TPSA) is 18.5 Å². The van der Waals surface area contributed by atoms with Crippen LogP contribution in [0, 0.1) is 0 Å². The van der Waals surface area contributed by atoms with Gasteiger partial charge in [0.1, 0.15) is 0 Å². The Morgan fingerprint density at radius 2 is 0.600 bits per heavy atom. The van der Waals surface area contributed by atoms with Crippen molar-refractivity contribution in [1.82, 2.24) is 0 Å². The molecule has 0 saturated carbocycles. The van der Waals surface area contributed by atoms with Crippen molar-refractivity contribution in [2.75, 3.05) is 13.2 Å². The Bertz CT molecular complexity index is 431. The third-order valence-electron chi connectivity index (χ3n) is 8.28. The maximum Gasteiger partial charge on any atom is 0.0935 e. The van der Waals surface area contributed by atoms with Crippen molar-refractivity contribution >= 4 is 34.3 Å². The first-order chi connectivity index (χ1) is 19.7. The van der Waals surface area contributed by atoms with Crippen molar-refractivity contribution < 1.29 is 8.37 Å². The molecule has 0 rings (SSSR count). The van der Waals surface area contributed by atoms with Crippen molar-refractivity contribution in [3.8, 4) is 0 Å². The normalized spacial score (nSPS) is 12.1. The first-order valence-electron chi connectivity index (χ1n) is 18.3. The van der Waals surface area contributed by atoms with Gasteiger partial charge in [0.25, 0.3) is 0 Å². The number of rotatable bonds is 35. The molecule has 0 radical (unpaired) electrons. The molecule has 0 N–H and O–H groups in total. The van der Waals surface area contributed by atoms with Gasteiger partial charge in [0, 0.05) is 34.3 Å². The van der Waals surface area contributed by atoms with Crippen LogP contribution in [0.5, 0.6) is 0 Å². The molecule has 0 atom stereocenters. The first kappa shape index (κ1) is 40.8. The van der Waals surface area contributed by atoms with Gasteiger partial charge in [-0.05, 0) is 19.3 Å². The summed E-state index contributed by atoms with van der Waals surface area (Å²) >= 11 is 3.39. The van der Waals surface area contributed by atoms with Crippen LogP contribution in [-0.2, 0) is 8.37 Å². The van der Waals surface area contributed by atoms with E-state index in [-0.39, 0.29) is 3.70 Å². The summed E-state index contributed by atoms with van der Waals surface area (Å²) in [4.78, 5) is 0. The van der Waals surface area contributed by atoms with E-state index in [1.165, 1.54) is 180 Å². The van der Waals surface area contributed by atoms with Crippen LogP contribution in [0.3, 0.4) is 0 Å². The molecule has 40 heavy (non-hydrogen) atoms. The summed E-state index contributed by atoms with van der Waals surface area (Å²) in [7, 11) is 1.09. The molecule has 0 aromatic heterocycles. The quantitative estimate of drug-likeness (QED) is 0.0304. The molecule has 0 aromatic carbocycles. The number of unbranched alkanes of at least 4 members (excludes halogenated alkanes) is 26. The third kappa shape index (κ3) is 31.8. The van der Waals surface area contributed by atoms with E-state index in [1.807, 2.05) is 0 Å². The van der Waals surface area contributed by atoms with E-state index < -0.39 is 0 Å². The zero-order valence-corrected chi connectivity index (χ0v) is 31.7. The van der Waals surface area contributed by atoms with Gasteiger partial charge in [-0.15, -0.1) is 0 Å². The highest BCUT2D eigenvalue weighted by Crippen LogP contribution is 2.38. The molecular formula is C35H74O2S2Si. The smallest absolute Gasteiger partial charge is 0.0935 e. The Morgan fingerprint density at radius 3 is 0.825 bits per heavy atom. The highest BCUT2D eigenvalue weighted by atomic mass is 32.2. The summed E-state index contributed by atoms with van der Waals surface area (Å²) in [6.45, 7) is 8.66. The zero-order chi connectivity index (χ0) is 29.2. The molecular weight excluding hydrogens is 545 g/mol. The molecule has 242 valence electrons. The molecule has 0 amide bonds. The second-order valence-electron chi connectivity index (χ2n) is 12.5. The highest BCUT2D eigenvalue weighted by Gasteiger charge is 2.26. The first-order valence-corrected chi connectivity index (χ1v) is 20.8. The molecule has 0 aliphatic carbocycles. The van der Waals surface area contributed by atoms with Gasteiger partial charge in [0.05, 0.1) is 16.9 Å². The van der Waals surface area contributed by atoms with Gasteiger partial charge in [-0.2, -0.15) is 0 Å². The summed E-state index contributed by atoms with van der Waals surface area (Å²) < 4.78 is 12.2. The highest BCUT2D eigenvalue weighted by molar-refractivity contribution is 8.15. The monoisotopic (exact) mass is 618 g/mol. The van der Waals surface area contributed by atoms with E-state index in [2.05, 4.69) is 20.8 Å². The van der Waals surface area contributed by atoms with Gasteiger partial charge < -0.3 is 8.37 Å². The Labute approximate surface area is 265 Å². The lowest BCUT2D eigenvalue weighted by Crippen LogP contribution is -2.20. The van der Waals surface area contributed by atoms with Crippen molar-refractivity contribution in [1.29, 1.82) is 0 Å². The molecule has 5 heteroatoms. The maximum atomic E-state index is 6.03. The average Bonchev–Trinajstić information content (AvgIpc) is 2.96. The minimum Gasteiger partial charge on any atom is -0.314 e. The van der Waals surface area contributed by atoms with Crippen molar-refractivity contribution in [3.63, 3.8) is 0 Å². The molecule has 0 fully saturated rings. The SMILES string of the molecule is CCCCCCCCCCCCCCCCOSC([SiH3])(CC)SOCCCCCCCCCCCCCCCC. The predicted octanol–water partition coefficient (Wildman–Crippen LogP) is 12.7. The van der Waals surface area contributed by atoms with Crippen molar-refractivity contribution in [3.05, 3.63) is 0 Å². The third-order valence-corrected chi connectivity index (χ3v) is 12.2. The lowest BCUT2D eigenvalue weighted by molar-refractivity contribution is 0.344. The fourth-order valence-electron chi connectivity index (χ4n) is 5.18. The van der Waals surface area contributed by atoms with Crippen molar-refractivity contribution in [2.45, 2.75) is 211 Å². The molecule has 0 heterocycles. The second-order valence-corrected chi connectivity index (χ2v) is 18.5. The lowest BCUT2D eigenvalue weighted by Gasteiger charge is -2.24. The molecule has 0 spiro atoms. The average molecular weight is 619 g/mol. The molecule has 0 aliphatic rings. The largest absolute Gasteiger partial charge is 0.314 e. The number of hydrogen-bond donors (Lipinski definition) is 0. The fraction of sp³-hybridized carbons (Fsp3) is 1.00. The van der Waals surface area contributed by atoms with E-state index >= 15 is 0 Å². The van der Waals surface area contributed by atoms with Crippen LogP contribution in [0.4, 0.5) is 0 Å². The Kier molecular flexibility index (Phi) is 35.0. The van der Waals surface area contributed by atoms with Crippen LogP contribution in [0.25, 0.3) is 0 Å². The van der Waals surface area contributed by atoms with Crippen LogP contribution in [0.2, 0.25) is 0 Å². The molecule has 0 bridgehead atoms. The Balaban J connectivity index is 3.38. The number of hydrogen-bond acceptors (Lipinski definition) is 4. The van der Waals surface area contributed by atoms with Crippen LogP contribution in [0.15, 0.2) is 0 Å². The summed E-state index contributed by atoms with van der Waals surface area (Å²) in [6.07, 6.45) is 40.5. The molecule has 0 saturated heterocycles. The van der Waals surface area contributed by atoms with Gasteiger partial charge in [0.15, 0.2) is 0 Å². The zero-order valence-electron chi connectivity index (χ0n) is 28.1. The summed E-state index contributed by atoms with van der Waals surface area (Å²) in [5, 5.41) is 0. The molecule has 0 unspecified atom stereocenters. The standard InChI is InChI=1S/C35H74O2S2Si/c1-4-7-9-11-13-15-17-19-21-23-25-27-29-31-33-36-38-35(40,6-3)39-37-34-32-30-28-26-24-22-20-18-16-14-12-10-8-5-2/h4-34H2,1-3,40H3. The van der Waals surface area contributed by atoms with Crippen LogP contribution in [-0.4, -0.2) is 27.2 Å². The Morgan fingerprint density at radius 1 is 0.375 bits per heavy atom. The Hall–Kier alpha value is 0.837. The summed E-state index contributed by atoms with van der Waals surface area (Å²) in [5.74, 6) is 0. The minimum absolute atomic E-state index is 0.145. The van der Waals surface area contributed by atoms with Gasteiger partial charge >= 0.3 is 0 Å². The fourth-order valence-corrected chi connectivity index (χ4v) is 7.42. The van der Waals surface area contributed by atoms with E-state index in [4.69, 9.17) is 8.37 Å². The van der Waals surface area contributed by atoms with Crippen molar-refractivity contribution in [2.24, 2.45) is 0 Å². The van der Waals surface area contributed by atoms with Gasteiger partial charge in [-0.25, -0.2) is 0 Å². The van der Waals surface area contributed by atoms with E-state index in [0.717, 1.165) is 29.9 Å².